The first-order valence-corrected chi connectivity index (χ1v) is 13.1. The number of nitrogens with one attached hydrogen (secondary N) is 2. The molecule has 2 N–H and O–H groups in total. The quantitative estimate of drug-likeness (QED) is 0.324. The van der Waals surface area contributed by atoms with E-state index in [2.05, 4.69) is 49.2 Å². The number of benzene rings is 2. The van der Waals surface area contributed by atoms with Crippen molar-refractivity contribution in [1.82, 2.24) is 19.5 Å². The average molecular weight is 515 g/mol. The van der Waals surface area contributed by atoms with Crippen molar-refractivity contribution < 1.29 is 9.59 Å². The molecule has 0 fully saturated rings. The van der Waals surface area contributed by atoms with E-state index in [1.165, 1.54) is 6.33 Å². The van der Waals surface area contributed by atoms with E-state index in [-0.39, 0.29) is 11.7 Å². The van der Waals surface area contributed by atoms with Crippen LogP contribution in [0.15, 0.2) is 73.2 Å². The van der Waals surface area contributed by atoms with Crippen LogP contribution in [0.1, 0.15) is 45.4 Å². The van der Waals surface area contributed by atoms with E-state index in [1.807, 2.05) is 49.5 Å². The number of nitrogens with zero attached hydrogens (tertiary/aromatic N) is 4. The highest BCUT2D eigenvalue weighted by Gasteiger charge is 2.51. The van der Waals surface area contributed by atoms with E-state index in [9.17, 15) is 9.59 Å². The highest BCUT2D eigenvalue weighted by molar-refractivity contribution is 6.17. The monoisotopic (exact) mass is 514 g/mol. The largest absolute Gasteiger partial charge is 0.347 e. The summed E-state index contributed by atoms with van der Waals surface area (Å²) in [6, 6.07) is 19.6. The van der Waals surface area contributed by atoms with Gasteiger partial charge in [0.05, 0.1) is 11.0 Å². The van der Waals surface area contributed by atoms with Crippen molar-refractivity contribution in [3.63, 3.8) is 0 Å². The Labute approximate surface area is 225 Å². The SMILES string of the molecule is CCc1c(C(=O)c2cc(Nc3ccc4c(c3)CC3(C4)C(=O)Nc4ncccc43)ncn2)c2ccccc2n1C. The summed E-state index contributed by atoms with van der Waals surface area (Å²) < 4.78 is 2.08. The lowest BCUT2D eigenvalue weighted by molar-refractivity contribution is -0.120. The first-order valence-electron chi connectivity index (χ1n) is 13.1. The van der Waals surface area contributed by atoms with E-state index >= 15 is 0 Å². The Morgan fingerprint density at radius 1 is 1.03 bits per heavy atom. The second kappa shape index (κ2) is 8.59. The molecule has 0 radical (unpaired) electrons. The molecule has 2 aliphatic rings. The summed E-state index contributed by atoms with van der Waals surface area (Å²) in [6.07, 6.45) is 5.10. The van der Waals surface area contributed by atoms with Crippen LogP contribution in [0.2, 0.25) is 0 Å². The van der Waals surface area contributed by atoms with Gasteiger partial charge in [-0.2, -0.15) is 0 Å². The molecule has 0 bridgehead atoms. The molecule has 3 aromatic heterocycles. The summed E-state index contributed by atoms with van der Waals surface area (Å²) in [5, 5.41) is 7.22. The molecular formula is C31H26N6O2. The molecule has 1 amide bonds. The number of aromatic nitrogens is 4. The number of carbonyl (C=O) groups is 2. The summed E-state index contributed by atoms with van der Waals surface area (Å²) in [5.41, 5.74) is 6.47. The van der Waals surface area contributed by atoms with Gasteiger partial charge in [-0.15, -0.1) is 0 Å². The molecule has 1 spiro atoms. The van der Waals surface area contributed by atoms with Crippen molar-refractivity contribution in [3.05, 3.63) is 107 Å². The van der Waals surface area contributed by atoms with Gasteiger partial charge in [0.25, 0.3) is 0 Å². The fourth-order valence-corrected chi connectivity index (χ4v) is 6.28. The molecule has 1 unspecified atom stereocenters. The van der Waals surface area contributed by atoms with Gasteiger partial charge in [-0.1, -0.05) is 37.3 Å². The standard InChI is InChI=1S/C31H26N6O2/c1-3-24-27(21-7-4-5-9-25(21)37(24)2)28(38)23-14-26(34-17-33-23)35-20-11-10-18-15-31(16-19(18)13-20)22-8-6-12-32-29(22)36-30(31)39/h4-14,17H,3,15-16H2,1-2H3,(H,32,36,39)(H,33,34,35). The summed E-state index contributed by atoms with van der Waals surface area (Å²) in [6.45, 7) is 2.06. The third-order valence-electron chi connectivity index (χ3n) is 8.14. The van der Waals surface area contributed by atoms with E-state index < -0.39 is 5.41 Å². The predicted molar refractivity (Wildman–Crippen MR) is 149 cm³/mol. The first-order chi connectivity index (χ1) is 19.0. The fraction of sp³-hybridized carbons (Fsp3) is 0.194. The first kappa shape index (κ1) is 23.3. The molecule has 1 aliphatic heterocycles. The third kappa shape index (κ3) is 3.48. The van der Waals surface area contributed by atoms with Crippen molar-refractivity contribution in [1.29, 1.82) is 0 Å². The second-order valence-electron chi connectivity index (χ2n) is 10.3. The minimum atomic E-state index is -0.617. The summed E-state index contributed by atoms with van der Waals surface area (Å²) in [5.74, 6) is 1.07. The Hall–Kier alpha value is -4.85. The van der Waals surface area contributed by atoms with E-state index in [4.69, 9.17) is 0 Å². The minimum Gasteiger partial charge on any atom is -0.347 e. The molecule has 8 heteroatoms. The van der Waals surface area contributed by atoms with Crippen molar-refractivity contribution >= 4 is 39.9 Å². The number of hydrogen-bond acceptors (Lipinski definition) is 6. The number of aryl methyl sites for hydroxylation is 1. The highest BCUT2D eigenvalue weighted by atomic mass is 16.2. The van der Waals surface area contributed by atoms with Gasteiger partial charge in [-0.3, -0.25) is 9.59 Å². The van der Waals surface area contributed by atoms with Crippen LogP contribution in [0, 0.1) is 0 Å². The molecule has 4 heterocycles. The summed E-state index contributed by atoms with van der Waals surface area (Å²) in [7, 11) is 1.99. The molecular weight excluding hydrogens is 488 g/mol. The number of hydrogen-bond donors (Lipinski definition) is 2. The molecule has 7 rings (SSSR count). The maximum atomic E-state index is 13.7. The minimum absolute atomic E-state index is 0.000693. The van der Waals surface area contributed by atoms with Crippen molar-refractivity contribution in [2.24, 2.45) is 7.05 Å². The van der Waals surface area contributed by atoms with Crippen LogP contribution < -0.4 is 10.6 Å². The van der Waals surface area contributed by atoms with Gasteiger partial charge in [-0.25, -0.2) is 15.0 Å². The zero-order valence-electron chi connectivity index (χ0n) is 21.7. The third-order valence-corrected chi connectivity index (χ3v) is 8.14. The van der Waals surface area contributed by atoms with Gasteiger partial charge in [0.2, 0.25) is 11.7 Å². The molecule has 5 aromatic rings. The number of para-hydroxylation sites is 1. The number of pyridine rings is 1. The zero-order chi connectivity index (χ0) is 26.7. The molecule has 192 valence electrons. The zero-order valence-corrected chi connectivity index (χ0v) is 21.7. The van der Waals surface area contributed by atoms with Crippen molar-refractivity contribution in [2.45, 2.75) is 31.6 Å². The normalized spacial score (nSPS) is 17.3. The maximum Gasteiger partial charge on any atom is 0.237 e. The van der Waals surface area contributed by atoms with Crippen LogP contribution in [-0.4, -0.2) is 31.2 Å². The Morgan fingerprint density at radius 2 is 1.87 bits per heavy atom. The lowest BCUT2D eigenvalue weighted by Crippen LogP contribution is -2.35. The molecule has 39 heavy (non-hydrogen) atoms. The van der Waals surface area contributed by atoms with Crippen LogP contribution in [0.3, 0.4) is 0 Å². The van der Waals surface area contributed by atoms with Crippen LogP contribution >= 0.6 is 0 Å². The number of anilines is 3. The summed E-state index contributed by atoms with van der Waals surface area (Å²) in [4.78, 5) is 39.8. The van der Waals surface area contributed by atoms with Gasteiger partial charge in [0.1, 0.15) is 23.7 Å². The number of amides is 1. The Bertz CT molecular complexity index is 1820. The van der Waals surface area contributed by atoms with Gasteiger partial charge < -0.3 is 15.2 Å². The van der Waals surface area contributed by atoms with Crippen molar-refractivity contribution in [2.75, 3.05) is 10.6 Å². The highest BCUT2D eigenvalue weighted by Crippen LogP contribution is 2.47. The Kier molecular flexibility index (Phi) is 5.13. The van der Waals surface area contributed by atoms with E-state index in [1.54, 1.807) is 12.3 Å². The molecule has 1 atom stereocenters. The Balaban J connectivity index is 1.18. The van der Waals surface area contributed by atoms with Crippen LogP contribution in [0.25, 0.3) is 10.9 Å². The number of rotatable bonds is 5. The topological polar surface area (TPSA) is 102 Å². The maximum absolute atomic E-state index is 13.7. The molecule has 1 aliphatic carbocycles. The average Bonchev–Trinajstić information content (AvgIpc) is 3.57. The van der Waals surface area contributed by atoms with Crippen LogP contribution in [0.5, 0.6) is 0 Å². The van der Waals surface area contributed by atoms with E-state index in [0.717, 1.165) is 45.4 Å². The number of fused-ring (bicyclic) bond motifs is 4. The molecule has 0 saturated carbocycles. The fourth-order valence-electron chi connectivity index (χ4n) is 6.28. The second-order valence-corrected chi connectivity index (χ2v) is 10.3. The van der Waals surface area contributed by atoms with Gasteiger partial charge in [0, 0.05) is 47.2 Å². The van der Waals surface area contributed by atoms with Gasteiger partial charge in [0.15, 0.2) is 0 Å². The number of ketones is 1. The predicted octanol–water partition coefficient (Wildman–Crippen LogP) is 4.89. The molecule has 0 saturated heterocycles. The smallest absolute Gasteiger partial charge is 0.237 e. The van der Waals surface area contributed by atoms with Gasteiger partial charge >= 0.3 is 0 Å². The number of carbonyl (C=O) groups excluding carboxylic acids is 2. The van der Waals surface area contributed by atoms with Gasteiger partial charge in [-0.05, 0) is 54.7 Å². The lowest BCUT2D eigenvalue weighted by atomic mass is 9.79. The Morgan fingerprint density at radius 3 is 2.74 bits per heavy atom. The van der Waals surface area contributed by atoms with Crippen LogP contribution in [-0.2, 0) is 36.5 Å². The summed E-state index contributed by atoms with van der Waals surface area (Å²) >= 11 is 0. The lowest BCUT2D eigenvalue weighted by Gasteiger charge is -2.20. The van der Waals surface area contributed by atoms with Crippen LogP contribution in [0.4, 0.5) is 17.3 Å². The van der Waals surface area contributed by atoms with Crippen molar-refractivity contribution in [3.8, 4) is 0 Å². The molecule has 8 nitrogen and oxygen atoms in total. The van der Waals surface area contributed by atoms with E-state index in [0.29, 0.717) is 35.7 Å². The molecule has 2 aromatic carbocycles.